The van der Waals surface area contributed by atoms with E-state index in [4.69, 9.17) is 16.2 Å². The number of ether oxygens (including phenoxy) is 1. The first kappa shape index (κ1) is 7.47. The minimum atomic E-state index is -0.844. The topological polar surface area (TPSA) is 61.3 Å². The molecule has 3 nitrogen and oxygen atoms in total. The Kier molecular flexibility index (Phi) is 1.89. The lowest BCUT2D eigenvalue weighted by molar-refractivity contribution is 0.0921. The summed E-state index contributed by atoms with van der Waals surface area (Å²) >= 11 is 0. The molecule has 1 unspecified atom stereocenters. The van der Waals surface area contributed by atoms with Gasteiger partial charge in [-0.3, -0.25) is 0 Å². The molecule has 0 aliphatic heterocycles. The maximum Gasteiger partial charge on any atom is 0.114 e. The molecule has 1 aliphatic rings. The summed E-state index contributed by atoms with van der Waals surface area (Å²) in [5.41, 5.74) is 10.5. The Bertz CT molecular complexity index is 172. The van der Waals surface area contributed by atoms with E-state index in [0.717, 1.165) is 0 Å². The van der Waals surface area contributed by atoms with Crippen molar-refractivity contribution in [3.63, 3.8) is 0 Å². The second-order valence-corrected chi connectivity index (χ2v) is 2.40. The normalized spacial score (nSPS) is 28.9. The van der Waals surface area contributed by atoms with E-state index in [2.05, 4.69) is 0 Å². The van der Waals surface area contributed by atoms with E-state index in [1.807, 2.05) is 18.2 Å². The molecule has 10 heavy (non-hydrogen) atoms. The zero-order valence-electron chi connectivity index (χ0n) is 5.95. The highest BCUT2D eigenvalue weighted by molar-refractivity contribution is 5.22. The molecule has 3 heteroatoms. The maximum atomic E-state index is 5.65. The van der Waals surface area contributed by atoms with Crippen molar-refractivity contribution in [2.24, 2.45) is 11.5 Å². The van der Waals surface area contributed by atoms with Gasteiger partial charge in [-0.25, -0.2) is 0 Å². The van der Waals surface area contributed by atoms with Crippen LogP contribution >= 0.6 is 0 Å². The smallest absolute Gasteiger partial charge is 0.114 e. The Morgan fingerprint density at radius 3 is 2.50 bits per heavy atom. The quantitative estimate of drug-likeness (QED) is 0.493. The van der Waals surface area contributed by atoms with E-state index in [1.165, 1.54) is 0 Å². The Labute approximate surface area is 60.3 Å². The molecule has 0 spiro atoms. The molecule has 0 aromatic rings. The van der Waals surface area contributed by atoms with E-state index in [1.54, 1.807) is 13.2 Å². The number of nitrogens with two attached hydrogens (primary N) is 2. The van der Waals surface area contributed by atoms with Crippen molar-refractivity contribution in [3.8, 4) is 0 Å². The van der Waals surface area contributed by atoms with E-state index in [9.17, 15) is 0 Å². The van der Waals surface area contributed by atoms with Crippen LogP contribution in [0.3, 0.4) is 0 Å². The van der Waals surface area contributed by atoms with Crippen LogP contribution in [0.25, 0.3) is 0 Å². The van der Waals surface area contributed by atoms with Gasteiger partial charge in [0.2, 0.25) is 0 Å². The lowest BCUT2D eigenvalue weighted by Gasteiger charge is -2.29. The van der Waals surface area contributed by atoms with Gasteiger partial charge in [-0.2, -0.15) is 0 Å². The first-order chi connectivity index (χ1) is 4.67. The van der Waals surface area contributed by atoms with Crippen LogP contribution in [0.2, 0.25) is 0 Å². The van der Waals surface area contributed by atoms with Gasteiger partial charge in [0.25, 0.3) is 0 Å². The van der Waals surface area contributed by atoms with Crippen molar-refractivity contribution in [2.75, 3.05) is 7.11 Å². The fourth-order valence-corrected chi connectivity index (χ4v) is 0.931. The highest BCUT2D eigenvalue weighted by Gasteiger charge is 2.26. The molecule has 0 bridgehead atoms. The number of rotatable bonds is 1. The number of hydrogen-bond donors (Lipinski definition) is 2. The molecule has 0 amide bonds. The van der Waals surface area contributed by atoms with Crippen LogP contribution in [0.4, 0.5) is 0 Å². The monoisotopic (exact) mass is 140 g/mol. The van der Waals surface area contributed by atoms with Crippen molar-refractivity contribution >= 4 is 0 Å². The molecule has 0 fully saturated rings. The second kappa shape index (κ2) is 2.54. The van der Waals surface area contributed by atoms with E-state index >= 15 is 0 Å². The predicted octanol–water partition coefficient (Wildman–Crippen LogP) is -0.259. The van der Waals surface area contributed by atoms with Crippen LogP contribution in [0.15, 0.2) is 24.3 Å². The van der Waals surface area contributed by atoms with Gasteiger partial charge in [0.1, 0.15) is 11.8 Å². The summed E-state index contributed by atoms with van der Waals surface area (Å²) in [6.45, 7) is 0. The van der Waals surface area contributed by atoms with Gasteiger partial charge < -0.3 is 16.2 Å². The molecule has 0 aromatic heterocycles. The summed E-state index contributed by atoms with van der Waals surface area (Å²) < 4.78 is 5.02. The van der Waals surface area contributed by atoms with Gasteiger partial charge in [-0.15, -0.1) is 0 Å². The highest BCUT2D eigenvalue weighted by atomic mass is 16.5. The van der Waals surface area contributed by atoms with E-state index in [0.29, 0.717) is 0 Å². The minimum Gasteiger partial charge on any atom is -0.374 e. The first-order valence-electron chi connectivity index (χ1n) is 3.13. The van der Waals surface area contributed by atoms with Crippen LogP contribution in [-0.2, 0) is 4.74 Å². The highest BCUT2D eigenvalue weighted by Crippen LogP contribution is 2.11. The summed E-state index contributed by atoms with van der Waals surface area (Å²) in [6.07, 6.45) is 7.03. The first-order valence-corrected chi connectivity index (χ1v) is 3.13. The van der Waals surface area contributed by atoms with Gasteiger partial charge in [-0.1, -0.05) is 18.2 Å². The van der Waals surface area contributed by atoms with Crippen LogP contribution < -0.4 is 11.5 Å². The molecule has 0 heterocycles. The predicted molar refractivity (Wildman–Crippen MR) is 40.2 cm³/mol. The fourth-order valence-electron chi connectivity index (χ4n) is 0.931. The average molecular weight is 140 g/mol. The fraction of sp³-hybridized carbons (Fsp3) is 0.429. The Balaban J connectivity index is 2.74. The third-order valence-electron chi connectivity index (χ3n) is 1.53. The largest absolute Gasteiger partial charge is 0.374 e. The Morgan fingerprint density at radius 1 is 1.40 bits per heavy atom. The van der Waals surface area contributed by atoms with Gasteiger partial charge in [0.05, 0.1) is 0 Å². The van der Waals surface area contributed by atoms with Crippen LogP contribution in [0.1, 0.15) is 0 Å². The van der Waals surface area contributed by atoms with Gasteiger partial charge in [0.15, 0.2) is 0 Å². The molecule has 0 aromatic carbocycles. The molecule has 0 saturated carbocycles. The summed E-state index contributed by atoms with van der Waals surface area (Å²) in [7, 11) is 1.59. The number of methoxy groups -OCH3 is 1. The molecule has 1 rings (SSSR count). The van der Waals surface area contributed by atoms with Crippen molar-refractivity contribution in [1.82, 2.24) is 0 Å². The Morgan fingerprint density at radius 2 is 2.10 bits per heavy atom. The summed E-state index contributed by atoms with van der Waals surface area (Å²) in [4.78, 5) is 0. The molecule has 4 N–H and O–H groups in total. The van der Waals surface area contributed by atoms with Crippen molar-refractivity contribution in [3.05, 3.63) is 24.3 Å². The molecule has 56 valence electrons. The molecule has 0 radical (unpaired) electrons. The summed E-state index contributed by atoms with van der Waals surface area (Å²) in [5, 5.41) is 0. The standard InChI is InChI=1S/C7H12N2O/c1-10-6-4-2-3-5-7(6,8)9/h2-6H,8-9H2,1H3. The minimum absolute atomic E-state index is 0.211. The summed E-state index contributed by atoms with van der Waals surface area (Å²) in [6, 6.07) is 0. The van der Waals surface area contributed by atoms with Gasteiger partial charge in [-0.05, 0) is 6.08 Å². The zero-order chi connectivity index (χ0) is 7.61. The summed E-state index contributed by atoms with van der Waals surface area (Å²) in [5.74, 6) is 0. The Hall–Kier alpha value is -0.640. The van der Waals surface area contributed by atoms with Crippen molar-refractivity contribution in [1.29, 1.82) is 0 Å². The lowest BCUT2D eigenvalue weighted by atomic mass is 10.0. The van der Waals surface area contributed by atoms with E-state index < -0.39 is 5.66 Å². The van der Waals surface area contributed by atoms with E-state index in [-0.39, 0.29) is 6.10 Å². The lowest BCUT2D eigenvalue weighted by Crippen LogP contribution is -2.57. The third kappa shape index (κ3) is 1.26. The van der Waals surface area contributed by atoms with Crippen LogP contribution in [-0.4, -0.2) is 18.9 Å². The van der Waals surface area contributed by atoms with Crippen LogP contribution in [0, 0.1) is 0 Å². The van der Waals surface area contributed by atoms with Gasteiger partial charge >= 0.3 is 0 Å². The van der Waals surface area contributed by atoms with Crippen LogP contribution in [0.5, 0.6) is 0 Å². The van der Waals surface area contributed by atoms with Gasteiger partial charge in [0, 0.05) is 7.11 Å². The molecular formula is C7H12N2O. The average Bonchev–Trinajstić information content (AvgIpc) is 1.87. The third-order valence-corrected chi connectivity index (χ3v) is 1.53. The SMILES string of the molecule is COC1C=CC=CC1(N)N. The maximum absolute atomic E-state index is 5.65. The second-order valence-electron chi connectivity index (χ2n) is 2.40. The molecule has 0 saturated heterocycles. The van der Waals surface area contributed by atoms with Crippen molar-refractivity contribution < 1.29 is 4.74 Å². The molecule has 1 atom stereocenters. The van der Waals surface area contributed by atoms with Crippen molar-refractivity contribution in [2.45, 2.75) is 11.8 Å². The molecular weight excluding hydrogens is 128 g/mol. The number of allylic oxidation sites excluding steroid dienone is 2. The molecule has 1 aliphatic carbocycles. The zero-order valence-corrected chi connectivity index (χ0v) is 5.95. The number of hydrogen-bond acceptors (Lipinski definition) is 3.